The fourth-order valence-corrected chi connectivity index (χ4v) is 5.51. The van der Waals surface area contributed by atoms with Crippen LogP contribution in [0.3, 0.4) is 0 Å². The zero-order chi connectivity index (χ0) is 24.1. The molecule has 1 N–H and O–H groups in total. The smallest absolute Gasteiger partial charge is 0.313 e. The Morgan fingerprint density at radius 3 is 2.41 bits per heavy atom. The molecule has 1 aliphatic rings. The lowest BCUT2D eigenvalue weighted by Crippen LogP contribution is -2.38. The van der Waals surface area contributed by atoms with E-state index in [1.165, 1.54) is 4.90 Å². The molecule has 8 heteroatoms. The molecule has 0 saturated heterocycles. The van der Waals surface area contributed by atoms with Gasteiger partial charge < -0.3 is 15.0 Å². The number of anilines is 1. The van der Waals surface area contributed by atoms with Crippen molar-refractivity contribution in [3.8, 4) is 0 Å². The highest BCUT2D eigenvalue weighted by Gasteiger charge is 2.42. The Labute approximate surface area is 203 Å². The average molecular weight is 480 g/mol. The van der Waals surface area contributed by atoms with Gasteiger partial charge >= 0.3 is 5.97 Å². The van der Waals surface area contributed by atoms with Crippen LogP contribution < -0.4 is 5.32 Å². The van der Waals surface area contributed by atoms with Gasteiger partial charge in [-0.15, -0.1) is 11.3 Å². The molecule has 7 nitrogen and oxygen atoms in total. The van der Waals surface area contributed by atoms with Crippen molar-refractivity contribution in [3.63, 3.8) is 0 Å². The monoisotopic (exact) mass is 479 g/mol. The summed E-state index contributed by atoms with van der Waals surface area (Å²) in [6.45, 7) is -0.348. The van der Waals surface area contributed by atoms with Crippen LogP contribution in [0.15, 0.2) is 48.5 Å². The van der Waals surface area contributed by atoms with Gasteiger partial charge in [-0.05, 0) is 49.2 Å². The summed E-state index contributed by atoms with van der Waals surface area (Å²) < 4.78 is 6.63. The molecule has 0 unspecified atom stereocenters. The number of benzene rings is 2. The lowest BCUT2D eigenvalue weighted by Gasteiger charge is -2.34. The van der Waals surface area contributed by atoms with Gasteiger partial charge in [0.2, 0.25) is 0 Å². The molecule has 0 spiro atoms. The minimum Gasteiger partial charge on any atom is -0.455 e. The molecule has 0 bridgehead atoms. The molecule has 1 aromatic heterocycles. The molecule has 3 aromatic rings. The van der Waals surface area contributed by atoms with Gasteiger partial charge in [0, 0.05) is 31.8 Å². The Morgan fingerprint density at radius 1 is 1.03 bits per heavy atom. The van der Waals surface area contributed by atoms with Crippen LogP contribution in [0.2, 0.25) is 0 Å². The van der Waals surface area contributed by atoms with E-state index < -0.39 is 11.3 Å². The highest BCUT2D eigenvalue weighted by Crippen LogP contribution is 2.41. The van der Waals surface area contributed by atoms with E-state index in [4.69, 9.17) is 9.72 Å². The summed E-state index contributed by atoms with van der Waals surface area (Å²) in [6, 6.07) is 14.6. The van der Waals surface area contributed by atoms with Gasteiger partial charge in [0.1, 0.15) is 0 Å². The van der Waals surface area contributed by atoms with E-state index >= 15 is 0 Å². The van der Waals surface area contributed by atoms with Gasteiger partial charge in [0.15, 0.2) is 6.61 Å². The fraction of sp³-hybridized carbons (Fsp3) is 0.385. The molecule has 1 fully saturated rings. The Hall–Kier alpha value is -3.26. The summed E-state index contributed by atoms with van der Waals surface area (Å²) in [7, 11) is 3.37. The number of nitrogens with zero attached hydrogens (tertiary/aromatic N) is 2. The molecule has 1 heterocycles. The third-order valence-electron chi connectivity index (χ3n) is 6.23. The maximum atomic E-state index is 13.2. The molecule has 1 saturated carbocycles. The van der Waals surface area contributed by atoms with Crippen LogP contribution in [0.5, 0.6) is 0 Å². The molecule has 0 radical (unpaired) electrons. The number of carbonyl (C=O) groups is 3. The maximum Gasteiger partial charge on any atom is 0.313 e. The van der Waals surface area contributed by atoms with Gasteiger partial charge in [-0.1, -0.05) is 31.4 Å². The number of carbonyl (C=O) groups excluding carboxylic acids is 3. The van der Waals surface area contributed by atoms with Gasteiger partial charge in [0.25, 0.3) is 11.8 Å². The number of aromatic nitrogens is 1. The first-order chi connectivity index (χ1) is 16.4. The van der Waals surface area contributed by atoms with Crippen molar-refractivity contribution in [1.29, 1.82) is 0 Å². The first-order valence-electron chi connectivity index (χ1n) is 11.5. The number of thiazole rings is 1. The Morgan fingerprint density at radius 2 is 1.74 bits per heavy atom. The summed E-state index contributed by atoms with van der Waals surface area (Å²) in [4.78, 5) is 43.8. The number of hydrogen-bond acceptors (Lipinski definition) is 6. The predicted octanol–water partition coefficient (Wildman–Crippen LogP) is 4.67. The predicted molar refractivity (Wildman–Crippen MR) is 133 cm³/mol. The van der Waals surface area contributed by atoms with E-state index in [-0.39, 0.29) is 18.5 Å². The summed E-state index contributed by atoms with van der Waals surface area (Å²) in [5.74, 6) is -0.850. The lowest BCUT2D eigenvalue weighted by molar-refractivity contribution is -0.160. The van der Waals surface area contributed by atoms with E-state index in [0.717, 1.165) is 47.3 Å². The Balaban J connectivity index is 1.38. The van der Waals surface area contributed by atoms with Crippen LogP contribution in [0, 0.1) is 5.41 Å². The number of nitrogens with one attached hydrogen (secondary N) is 1. The first-order valence-corrected chi connectivity index (χ1v) is 12.3. The fourth-order valence-electron chi connectivity index (χ4n) is 4.40. The van der Waals surface area contributed by atoms with Crippen LogP contribution in [0.25, 0.3) is 10.2 Å². The number of hydrogen-bond donors (Lipinski definition) is 1. The normalized spacial score (nSPS) is 15.0. The molecule has 2 amide bonds. The van der Waals surface area contributed by atoms with E-state index in [2.05, 4.69) is 5.32 Å². The molecule has 0 aliphatic heterocycles. The molecular weight excluding hydrogens is 450 g/mol. The molecule has 2 aromatic carbocycles. The van der Waals surface area contributed by atoms with Crippen LogP contribution in [0.4, 0.5) is 5.69 Å². The molecule has 1 aliphatic carbocycles. The quantitative estimate of drug-likeness (QED) is 0.498. The number of para-hydroxylation sites is 1. The number of fused-ring (bicyclic) bond motifs is 1. The van der Waals surface area contributed by atoms with Crippen molar-refractivity contribution in [2.75, 3.05) is 26.0 Å². The largest absolute Gasteiger partial charge is 0.455 e. The molecule has 178 valence electrons. The van der Waals surface area contributed by atoms with Crippen molar-refractivity contribution in [1.82, 2.24) is 9.88 Å². The molecule has 0 atom stereocenters. The second-order valence-corrected chi connectivity index (χ2v) is 10.1. The van der Waals surface area contributed by atoms with Crippen LogP contribution in [-0.4, -0.2) is 48.4 Å². The topological polar surface area (TPSA) is 88.6 Å². The van der Waals surface area contributed by atoms with Crippen molar-refractivity contribution < 1.29 is 19.1 Å². The van der Waals surface area contributed by atoms with Crippen molar-refractivity contribution in [3.05, 3.63) is 59.1 Å². The highest BCUT2D eigenvalue weighted by atomic mass is 32.1. The minimum absolute atomic E-state index is 0.113. The number of ether oxygens (including phenoxy) is 1. The van der Waals surface area contributed by atoms with Crippen LogP contribution in [0.1, 0.15) is 47.5 Å². The summed E-state index contributed by atoms with van der Waals surface area (Å²) in [5, 5.41) is 3.65. The van der Waals surface area contributed by atoms with Crippen molar-refractivity contribution in [2.24, 2.45) is 5.41 Å². The first kappa shape index (κ1) is 23.9. The highest BCUT2D eigenvalue weighted by molar-refractivity contribution is 7.18. The Kier molecular flexibility index (Phi) is 7.26. The SMILES string of the molecule is CN(C)C(=O)c1ccc(NC(=O)COC(=O)C2(Cc3nc4ccccc4s3)CCCCC2)cc1. The van der Waals surface area contributed by atoms with E-state index in [1.807, 2.05) is 24.3 Å². The minimum atomic E-state index is -0.638. The number of esters is 1. The third-order valence-corrected chi connectivity index (χ3v) is 7.26. The van der Waals surface area contributed by atoms with Crippen LogP contribution >= 0.6 is 11.3 Å². The van der Waals surface area contributed by atoms with E-state index in [0.29, 0.717) is 17.7 Å². The van der Waals surface area contributed by atoms with E-state index in [9.17, 15) is 14.4 Å². The zero-order valence-electron chi connectivity index (χ0n) is 19.5. The van der Waals surface area contributed by atoms with Gasteiger partial charge in [0.05, 0.1) is 20.6 Å². The molecule has 34 heavy (non-hydrogen) atoms. The Bertz CT molecular complexity index is 1150. The second-order valence-electron chi connectivity index (χ2n) is 8.99. The standard InChI is InChI=1S/C26H29N3O4S/c1-29(2)24(31)18-10-12-19(13-11-18)27-22(30)17-33-25(32)26(14-6-3-7-15-26)16-23-28-20-8-4-5-9-21(20)34-23/h4-5,8-13H,3,6-7,14-17H2,1-2H3,(H,27,30). The van der Waals surface area contributed by atoms with Gasteiger partial charge in [-0.3, -0.25) is 14.4 Å². The van der Waals surface area contributed by atoms with Gasteiger partial charge in [-0.2, -0.15) is 0 Å². The second kappa shape index (κ2) is 10.3. The maximum absolute atomic E-state index is 13.2. The lowest BCUT2D eigenvalue weighted by atomic mass is 9.72. The van der Waals surface area contributed by atoms with Crippen molar-refractivity contribution >= 4 is 45.0 Å². The summed E-state index contributed by atoms with van der Waals surface area (Å²) >= 11 is 1.61. The average Bonchev–Trinajstić information content (AvgIpc) is 3.25. The van der Waals surface area contributed by atoms with Gasteiger partial charge in [-0.25, -0.2) is 4.98 Å². The summed E-state index contributed by atoms with van der Waals surface area (Å²) in [5.41, 5.74) is 1.38. The van der Waals surface area contributed by atoms with E-state index in [1.54, 1.807) is 49.7 Å². The zero-order valence-corrected chi connectivity index (χ0v) is 20.3. The third kappa shape index (κ3) is 5.44. The number of rotatable bonds is 7. The van der Waals surface area contributed by atoms with Crippen LogP contribution in [-0.2, 0) is 20.7 Å². The molecular formula is C26H29N3O4S. The van der Waals surface area contributed by atoms with Crippen molar-refractivity contribution in [2.45, 2.75) is 38.5 Å². The summed E-state index contributed by atoms with van der Waals surface area (Å²) in [6.07, 6.45) is 5.04. The molecule has 4 rings (SSSR count). The number of amides is 2.